The Morgan fingerprint density at radius 2 is 1.58 bits per heavy atom. The molecule has 1 aliphatic carbocycles. The Morgan fingerprint density at radius 1 is 0.821 bits per heavy atom. The van der Waals surface area contributed by atoms with E-state index in [9.17, 15) is 28.8 Å². The first-order valence-electron chi connectivity index (χ1n) is 27.0. The molecule has 1 spiro atoms. The zero-order valence-electron chi connectivity index (χ0n) is 43.4. The summed E-state index contributed by atoms with van der Waals surface area (Å²) in [7, 11) is 0. The van der Waals surface area contributed by atoms with Gasteiger partial charge in [-0.3, -0.25) is 48.8 Å². The Hall–Kier alpha value is -8.39. The Bertz CT molecular complexity index is 3450. The third-order valence-corrected chi connectivity index (χ3v) is 16.7. The lowest BCUT2D eigenvalue weighted by atomic mass is 9.73. The number of imidazole rings is 1. The third kappa shape index (κ3) is 8.90. The lowest BCUT2D eigenvalue weighted by molar-refractivity contribution is -0.136. The molecule has 6 aromatic rings. The molecule has 0 bridgehead atoms. The number of nitrogens with one attached hydrogen (secondary N) is 4. The van der Waals surface area contributed by atoms with Crippen molar-refractivity contribution in [1.82, 2.24) is 44.9 Å². The number of benzene rings is 3. The number of nitrogens with zero attached hydrogens (tertiary/aromatic N) is 8. The van der Waals surface area contributed by atoms with Crippen molar-refractivity contribution in [1.29, 1.82) is 0 Å². The fraction of sp³-hybridized carbons (Fsp3) is 0.379. The maximum atomic E-state index is 15.2. The predicted octanol–water partition coefficient (Wildman–Crippen LogP) is 6.74. The number of amides is 7. The van der Waals surface area contributed by atoms with Crippen molar-refractivity contribution in [2.24, 2.45) is 0 Å². The van der Waals surface area contributed by atoms with E-state index in [2.05, 4.69) is 57.1 Å². The van der Waals surface area contributed by atoms with Gasteiger partial charge < -0.3 is 35.2 Å². The molecule has 5 aliphatic heterocycles. The van der Waals surface area contributed by atoms with Crippen molar-refractivity contribution < 1.29 is 38.0 Å². The number of carbonyl (C=O) groups excluding carboxylic acids is 7. The van der Waals surface area contributed by atoms with E-state index in [1.807, 2.05) is 21.6 Å². The molecule has 3 saturated heterocycles. The maximum absolute atomic E-state index is 15.2. The number of fused-ring (bicyclic) bond motifs is 4. The largest absolute Gasteiger partial charge is 0.383 e. The quantitative estimate of drug-likeness (QED) is 0.0696. The summed E-state index contributed by atoms with van der Waals surface area (Å²) in [6.45, 7) is 7.50. The van der Waals surface area contributed by atoms with Gasteiger partial charge in [-0.25, -0.2) is 14.4 Å². The van der Waals surface area contributed by atoms with E-state index in [1.54, 1.807) is 47.6 Å². The van der Waals surface area contributed by atoms with E-state index >= 15 is 9.18 Å². The summed E-state index contributed by atoms with van der Waals surface area (Å²) in [6.07, 6.45) is 10.9. The van der Waals surface area contributed by atoms with E-state index in [1.165, 1.54) is 37.6 Å². The van der Waals surface area contributed by atoms with Crippen LogP contribution in [-0.2, 0) is 19.8 Å². The average molecular weight is 1060 g/mol. The van der Waals surface area contributed by atoms with Crippen molar-refractivity contribution >= 4 is 75.3 Å². The highest BCUT2D eigenvalue weighted by Gasteiger charge is 2.56. The molecule has 3 aromatic carbocycles. The molecule has 7 amide bonds. The van der Waals surface area contributed by atoms with E-state index in [0.717, 1.165) is 59.4 Å². The van der Waals surface area contributed by atoms with Gasteiger partial charge in [0.15, 0.2) is 11.6 Å². The van der Waals surface area contributed by atoms with Crippen LogP contribution in [0.1, 0.15) is 125 Å². The molecule has 19 nitrogen and oxygen atoms in total. The first kappa shape index (κ1) is 50.4. The number of imide groups is 2. The first-order valence-corrected chi connectivity index (χ1v) is 27.0. The van der Waals surface area contributed by atoms with Gasteiger partial charge in [0.05, 0.1) is 46.0 Å². The molecule has 4 N–H and O–H groups in total. The van der Waals surface area contributed by atoms with Crippen LogP contribution < -0.4 is 26.2 Å². The summed E-state index contributed by atoms with van der Waals surface area (Å²) in [5.74, 6) is -2.85. The molecule has 6 aliphatic rings. The minimum Gasteiger partial charge on any atom is -0.383 e. The lowest BCUT2D eigenvalue weighted by Gasteiger charge is -2.48. The number of pyridine rings is 2. The van der Waals surface area contributed by atoms with Gasteiger partial charge in [-0.1, -0.05) is 18.6 Å². The number of piperidine rings is 3. The van der Waals surface area contributed by atoms with Gasteiger partial charge in [-0.2, -0.15) is 0 Å². The van der Waals surface area contributed by atoms with Crippen LogP contribution in [0.25, 0.3) is 22.3 Å². The number of likely N-dealkylation sites (tertiary alicyclic amines) is 2. The molecule has 4 fully saturated rings. The van der Waals surface area contributed by atoms with Crippen LogP contribution in [0, 0.1) is 5.82 Å². The van der Waals surface area contributed by atoms with E-state index in [-0.39, 0.29) is 72.6 Å². The van der Waals surface area contributed by atoms with Crippen LogP contribution in [0.15, 0.2) is 91.5 Å². The number of aromatic nitrogens is 4. The van der Waals surface area contributed by atoms with Gasteiger partial charge in [0.25, 0.3) is 23.6 Å². The molecule has 1 unspecified atom stereocenters. The van der Waals surface area contributed by atoms with Crippen LogP contribution in [0.5, 0.6) is 0 Å². The molecule has 20 heteroatoms. The van der Waals surface area contributed by atoms with Crippen molar-refractivity contribution in [3.8, 4) is 11.3 Å². The summed E-state index contributed by atoms with van der Waals surface area (Å²) < 4.78 is 17.0. The molecule has 1 atom stereocenters. The molecule has 0 radical (unpaired) electrons. The van der Waals surface area contributed by atoms with Crippen molar-refractivity contribution in [2.75, 3.05) is 54.8 Å². The van der Waals surface area contributed by atoms with E-state index in [4.69, 9.17) is 9.97 Å². The van der Waals surface area contributed by atoms with Gasteiger partial charge in [0.2, 0.25) is 17.7 Å². The number of hydrogen-bond acceptors (Lipinski definition) is 13. The summed E-state index contributed by atoms with van der Waals surface area (Å²) >= 11 is 0. The van der Waals surface area contributed by atoms with E-state index < -0.39 is 40.9 Å². The fourth-order valence-electron chi connectivity index (χ4n) is 12.3. The number of carbonyl (C=O) groups is 7. The maximum Gasteiger partial charge on any atom is 0.262 e. The van der Waals surface area contributed by atoms with Crippen LogP contribution in [0.2, 0.25) is 0 Å². The molecular formula is C58H59FN12O7. The van der Waals surface area contributed by atoms with Gasteiger partial charge in [0.1, 0.15) is 11.6 Å². The smallest absolute Gasteiger partial charge is 0.262 e. The van der Waals surface area contributed by atoms with Crippen LogP contribution in [0.4, 0.5) is 27.3 Å². The third-order valence-electron chi connectivity index (χ3n) is 16.7. The summed E-state index contributed by atoms with van der Waals surface area (Å²) in [4.78, 5) is 114. The van der Waals surface area contributed by atoms with Crippen LogP contribution >= 0.6 is 0 Å². The van der Waals surface area contributed by atoms with Gasteiger partial charge in [0, 0.05) is 85.0 Å². The highest BCUT2D eigenvalue weighted by Crippen LogP contribution is 2.52. The fourth-order valence-corrected chi connectivity index (χ4v) is 12.3. The average Bonchev–Trinajstić information content (AvgIpc) is 4.28. The second kappa shape index (κ2) is 20.2. The Labute approximate surface area is 449 Å². The van der Waals surface area contributed by atoms with Crippen molar-refractivity contribution in [2.45, 2.75) is 101 Å². The Kier molecular flexibility index (Phi) is 13.1. The normalized spacial score (nSPS) is 21.0. The van der Waals surface area contributed by atoms with E-state index in [0.29, 0.717) is 65.8 Å². The van der Waals surface area contributed by atoms with Crippen molar-refractivity contribution in [3.63, 3.8) is 0 Å². The molecule has 78 heavy (non-hydrogen) atoms. The monoisotopic (exact) mass is 1050 g/mol. The highest BCUT2D eigenvalue weighted by atomic mass is 19.1. The van der Waals surface area contributed by atoms with Gasteiger partial charge in [-0.05, 0) is 138 Å². The summed E-state index contributed by atoms with van der Waals surface area (Å²) in [5, 5.41) is 11.4. The molecule has 400 valence electrons. The topological polar surface area (TPSA) is 224 Å². The second-order valence-electron chi connectivity index (χ2n) is 21.6. The predicted molar refractivity (Wildman–Crippen MR) is 288 cm³/mol. The number of anilines is 4. The second-order valence-corrected chi connectivity index (χ2v) is 21.6. The number of halogens is 1. The minimum absolute atomic E-state index is 0.0277. The Balaban J connectivity index is 0.716. The van der Waals surface area contributed by atoms with Gasteiger partial charge in [-0.15, -0.1) is 0 Å². The standard InChI is InChI=1S/C58H59FN12O7/c1-33(2)69-32-63-46-30-45(65-51(50(46)69)64-44-16-19-60-31-43(44)59)36-10-13-42-48(26-36)70(39-28-38(29-39)67-22-4-3-5-23-67)57(78)58(42)17-24-68(25-18-58)54(75)35-8-6-34(7-9-35)52(73)62-21-20-61-37-11-12-40-41(27-37)56(77)71(55(40)76)47-14-15-49(72)66-53(47)74/h6-13,16,19,26-27,30-33,38-39,47,61H,3-5,14-15,17-18,20-25,28-29H2,1-2H3,(H,62,73)(H,60,64,65)(H,66,72,74). The summed E-state index contributed by atoms with van der Waals surface area (Å²) in [5.41, 5.74) is 5.73. The van der Waals surface area contributed by atoms with Gasteiger partial charge >= 0.3 is 0 Å². The van der Waals surface area contributed by atoms with Crippen LogP contribution in [-0.4, -0.2) is 133 Å². The Morgan fingerprint density at radius 3 is 2.32 bits per heavy atom. The van der Waals surface area contributed by atoms with Crippen molar-refractivity contribution in [3.05, 3.63) is 125 Å². The molecule has 1 saturated carbocycles. The SMILES string of the molecule is CC(C)n1cnc2cc(-c3ccc4c(c3)N(C3CC(N5CCCCC5)C3)C(=O)C43CCN(C(=O)c4ccc(C(=O)NCCNc5ccc6c(c5)C(=O)N(C5CCC(=O)NC5=O)C6=O)cc4)CC3)nc(Nc3ccncc3F)c21. The first-order chi connectivity index (χ1) is 37.8. The lowest BCUT2D eigenvalue weighted by Crippen LogP contribution is -2.58. The number of rotatable bonds is 13. The summed E-state index contributed by atoms with van der Waals surface area (Å²) in [6, 6.07) is 20.3. The molecule has 8 heterocycles. The zero-order valence-corrected chi connectivity index (χ0v) is 43.4. The molecule has 3 aromatic heterocycles. The molecule has 12 rings (SSSR count). The van der Waals surface area contributed by atoms with Crippen LogP contribution in [0.3, 0.4) is 0 Å². The highest BCUT2D eigenvalue weighted by molar-refractivity contribution is 6.24. The zero-order chi connectivity index (χ0) is 54.0. The minimum atomic E-state index is -1.06. The number of hydrogen-bond donors (Lipinski definition) is 4. The molecular weight excluding hydrogens is 996 g/mol.